The predicted molar refractivity (Wildman–Crippen MR) is 59.3 cm³/mol. The van der Waals surface area contributed by atoms with E-state index in [1.54, 1.807) is 29.9 Å². The fraction of sp³-hybridized carbons (Fsp3) is 0.556. The van der Waals surface area contributed by atoms with Gasteiger partial charge in [0.05, 0.1) is 12.0 Å². The molecule has 1 aromatic heterocycles. The second-order valence-electron chi connectivity index (χ2n) is 3.65. The Morgan fingerprint density at radius 3 is 2.67 bits per heavy atom. The van der Waals surface area contributed by atoms with Gasteiger partial charge < -0.3 is 9.67 Å². The SMILES string of the molecule is CN(C)[C@@H](Cc1c(S)ncn1C)C(=O)O. The lowest BCUT2D eigenvalue weighted by Crippen LogP contribution is -2.38. The third-order valence-electron chi connectivity index (χ3n) is 2.33. The monoisotopic (exact) mass is 229 g/mol. The van der Waals surface area contributed by atoms with E-state index in [4.69, 9.17) is 5.11 Å². The van der Waals surface area contributed by atoms with E-state index >= 15 is 0 Å². The van der Waals surface area contributed by atoms with Crippen molar-refractivity contribution in [1.29, 1.82) is 0 Å². The molecule has 0 bridgehead atoms. The maximum absolute atomic E-state index is 11.0. The number of likely N-dealkylation sites (N-methyl/N-ethyl adjacent to an activating group) is 1. The Balaban J connectivity index is 2.88. The molecule has 0 saturated carbocycles. The molecule has 0 aliphatic rings. The van der Waals surface area contributed by atoms with Gasteiger partial charge in [0.1, 0.15) is 11.1 Å². The van der Waals surface area contributed by atoms with Crippen LogP contribution in [0.25, 0.3) is 0 Å². The van der Waals surface area contributed by atoms with Crippen molar-refractivity contribution in [2.75, 3.05) is 14.1 Å². The summed E-state index contributed by atoms with van der Waals surface area (Å²) in [6.45, 7) is 0. The van der Waals surface area contributed by atoms with E-state index in [-0.39, 0.29) is 0 Å². The Morgan fingerprint density at radius 2 is 2.33 bits per heavy atom. The Hall–Kier alpha value is -1.01. The van der Waals surface area contributed by atoms with Crippen LogP contribution in [0.1, 0.15) is 5.69 Å². The molecule has 0 unspecified atom stereocenters. The zero-order valence-electron chi connectivity index (χ0n) is 9.01. The first-order chi connectivity index (χ1) is 6.93. The van der Waals surface area contributed by atoms with Crippen LogP contribution in [-0.2, 0) is 18.3 Å². The first-order valence-corrected chi connectivity index (χ1v) is 4.96. The van der Waals surface area contributed by atoms with Crippen LogP contribution in [0, 0.1) is 0 Å². The van der Waals surface area contributed by atoms with E-state index in [1.165, 1.54) is 0 Å². The highest BCUT2D eigenvalue weighted by molar-refractivity contribution is 7.80. The molecule has 0 aliphatic carbocycles. The van der Waals surface area contributed by atoms with Crippen molar-refractivity contribution in [2.24, 2.45) is 7.05 Å². The molecule has 0 saturated heterocycles. The van der Waals surface area contributed by atoms with Crippen molar-refractivity contribution in [3.05, 3.63) is 12.0 Å². The molecule has 1 aromatic rings. The van der Waals surface area contributed by atoms with Gasteiger partial charge in [0.15, 0.2) is 0 Å². The molecule has 6 heteroatoms. The number of carboxylic acid groups (broad SMARTS) is 1. The Kier molecular flexibility index (Phi) is 3.76. The number of imidazole rings is 1. The number of aryl methyl sites for hydroxylation is 1. The van der Waals surface area contributed by atoms with Gasteiger partial charge in [-0.25, -0.2) is 4.98 Å². The van der Waals surface area contributed by atoms with Gasteiger partial charge in [-0.15, -0.1) is 12.6 Å². The summed E-state index contributed by atoms with van der Waals surface area (Å²) < 4.78 is 1.79. The molecule has 0 radical (unpaired) electrons. The average molecular weight is 229 g/mol. The quantitative estimate of drug-likeness (QED) is 0.727. The molecule has 5 nitrogen and oxygen atoms in total. The van der Waals surface area contributed by atoms with E-state index in [0.29, 0.717) is 11.4 Å². The lowest BCUT2D eigenvalue weighted by atomic mass is 10.1. The molecule has 1 rings (SSSR count). The van der Waals surface area contributed by atoms with Gasteiger partial charge in [0.2, 0.25) is 0 Å². The molecule has 15 heavy (non-hydrogen) atoms. The summed E-state index contributed by atoms with van der Waals surface area (Å²) in [5.74, 6) is -0.839. The van der Waals surface area contributed by atoms with Gasteiger partial charge in [0.25, 0.3) is 0 Å². The topological polar surface area (TPSA) is 58.4 Å². The van der Waals surface area contributed by atoms with Gasteiger partial charge in [-0.05, 0) is 14.1 Å². The lowest BCUT2D eigenvalue weighted by Gasteiger charge is -2.20. The maximum Gasteiger partial charge on any atom is 0.321 e. The van der Waals surface area contributed by atoms with Crippen LogP contribution in [-0.4, -0.2) is 45.7 Å². The van der Waals surface area contributed by atoms with E-state index in [9.17, 15) is 4.79 Å². The molecule has 0 amide bonds. The van der Waals surface area contributed by atoms with Crippen molar-refractivity contribution in [1.82, 2.24) is 14.5 Å². The highest BCUT2D eigenvalue weighted by Crippen LogP contribution is 2.14. The van der Waals surface area contributed by atoms with E-state index in [1.807, 2.05) is 7.05 Å². The van der Waals surface area contributed by atoms with Crippen LogP contribution >= 0.6 is 12.6 Å². The summed E-state index contributed by atoms with van der Waals surface area (Å²) in [5.41, 5.74) is 0.833. The molecule has 0 aromatic carbocycles. The van der Waals surface area contributed by atoms with E-state index in [2.05, 4.69) is 17.6 Å². The smallest absolute Gasteiger partial charge is 0.321 e. The number of nitrogens with zero attached hydrogens (tertiary/aromatic N) is 3. The van der Waals surface area contributed by atoms with Gasteiger partial charge in [-0.2, -0.15) is 0 Å². The van der Waals surface area contributed by atoms with E-state index < -0.39 is 12.0 Å². The summed E-state index contributed by atoms with van der Waals surface area (Å²) in [6.07, 6.45) is 2.03. The molecule has 1 N–H and O–H groups in total. The lowest BCUT2D eigenvalue weighted by molar-refractivity contribution is -0.142. The normalized spacial score (nSPS) is 13.1. The van der Waals surface area contributed by atoms with Crippen LogP contribution in [0.15, 0.2) is 11.4 Å². The summed E-state index contributed by atoms with van der Waals surface area (Å²) in [5, 5.41) is 9.62. The zero-order valence-corrected chi connectivity index (χ0v) is 9.90. The molecule has 0 fully saturated rings. The minimum Gasteiger partial charge on any atom is -0.480 e. The van der Waals surface area contributed by atoms with Crippen molar-refractivity contribution < 1.29 is 9.90 Å². The van der Waals surface area contributed by atoms with Gasteiger partial charge in [-0.1, -0.05) is 0 Å². The highest BCUT2D eigenvalue weighted by Gasteiger charge is 2.22. The van der Waals surface area contributed by atoms with E-state index in [0.717, 1.165) is 5.69 Å². The number of aromatic nitrogens is 2. The van der Waals surface area contributed by atoms with Crippen LogP contribution in [0.2, 0.25) is 0 Å². The maximum atomic E-state index is 11.0. The molecule has 1 atom stereocenters. The number of carboxylic acids is 1. The summed E-state index contributed by atoms with van der Waals surface area (Å²) >= 11 is 4.19. The van der Waals surface area contributed by atoms with Crippen molar-refractivity contribution in [3.63, 3.8) is 0 Å². The third-order valence-corrected chi connectivity index (χ3v) is 2.71. The predicted octanol–water partition coefficient (Wildman–Crippen LogP) is 0.266. The van der Waals surface area contributed by atoms with Crippen LogP contribution in [0.3, 0.4) is 0 Å². The summed E-state index contributed by atoms with van der Waals surface area (Å²) in [6, 6.07) is -0.550. The largest absolute Gasteiger partial charge is 0.480 e. The van der Waals surface area contributed by atoms with Crippen LogP contribution in [0.5, 0.6) is 0 Å². The Labute approximate surface area is 94.1 Å². The van der Waals surface area contributed by atoms with Gasteiger partial charge >= 0.3 is 5.97 Å². The number of rotatable bonds is 4. The number of hydrogen-bond donors (Lipinski definition) is 2. The fourth-order valence-corrected chi connectivity index (χ4v) is 1.65. The third kappa shape index (κ3) is 2.73. The fourth-order valence-electron chi connectivity index (χ4n) is 1.35. The number of hydrogen-bond acceptors (Lipinski definition) is 4. The Morgan fingerprint density at radius 1 is 1.73 bits per heavy atom. The summed E-state index contributed by atoms with van der Waals surface area (Å²) in [4.78, 5) is 16.7. The second-order valence-corrected chi connectivity index (χ2v) is 4.07. The van der Waals surface area contributed by atoms with Crippen molar-refractivity contribution >= 4 is 18.6 Å². The Bertz CT molecular complexity index is 343. The van der Waals surface area contributed by atoms with Gasteiger partial charge in [-0.3, -0.25) is 9.69 Å². The molecule has 0 spiro atoms. The number of thiol groups is 1. The molecule has 1 heterocycles. The minimum absolute atomic E-state index is 0.400. The highest BCUT2D eigenvalue weighted by atomic mass is 32.1. The first kappa shape index (κ1) is 12.1. The van der Waals surface area contributed by atoms with Crippen LogP contribution in [0.4, 0.5) is 0 Å². The molecular weight excluding hydrogens is 214 g/mol. The standard InChI is InChI=1S/C9H15N3O2S/c1-11(2)7(9(13)14)4-6-8(15)10-5-12(6)3/h5,7,15H,4H2,1-3H3,(H,13,14)/t7-/m0/s1. The average Bonchev–Trinajstić information content (AvgIpc) is 2.42. The molecule has 0 aliphatic heterocycles. The summed E-state index contributed by atoms with van der Waals surface area (Å²) in [7, 11) is 5.32. The number of aliphatic carboxylic acids is 1. The first-order valence-electron chi connectivity index (χ1n) is 4.52. The molecular formula is C9H15N3O2S. The van der Waals surface area contributed by atoms with Crippen LogP contribution < -0.4 is 0 Å². The zero-order chi connectivity index (χ0) is 11.6. The number of carbonyl (C=O) groups is 1. The van der Waals surface area contributed by atoms with Crippen molar-refractivity contribution in [3.8, 4) is 0 Å². The molecule has 84 valence electrons. The minimum atomic E-state index is -0.839. The van der Waals surface area contributed by atoms with Crippen molar-refractivity contribution in [2.45, 2.75) is 17.5 Å². The second kappa shape index (κ2) is 4.67. The van der Waals surface area contributed by atoms with Gasteiger partial charge in [0, 0.05) is 13.5 Å².